The summed E-state index contributed by atoms with van der Waals surface area (Å²) in [6.07, 6.45) is 3.72. The standard InChI is InChI=1S/C19H20F2N2O/c20-15-7-8-18(21)17(12-15)19(24)22-16-6-4-5-14(11-16)13-23-9-2-1-3-10-23/h4-8,11-12H,1-3,9-10,13H2,(H,22,24). The lowest BCUT2D eigenvalue weighted by Crippen LogP contribution is -2.29. The highest BCUT2D eigenvalue weighted by Crippen LogP contribution is 2.18. The summed E-state index contributed by atoms with van der Waals surface area (Å²) in [5, 5.41) is 2.64. The first-order valence-corrected chi connectivity index (χ1v) is 8.19. The van der Waals surface area contributed by atoms with Gasteiger partial charge in [0.2, 0.25) is 0 Å². The monoisotopic (exact) mass is 330 g/mol. The van der Waals surface area contributed by atoms with Crippen molar-refractivity contribution in [2.75, 3.05) is 18.4 Å². The van der Waals surface area contributed by atoms with E-state index >= 15 is 0 Å². The number of halogens is 2. The number of nitrogens with one attached hydrogen (secondary N) is 1. The summed E-state index contributed by atoms with van der Waals surface area (Å²) in [6, 6.07) is 10.3. The predicted octanol–water partition coefficient (Wildman–Crippen LogP) is 4.20. The maximum atomic E-state index is 13.7. The van der Waals surface area contributed by atoms with E-state index < -0.39 is 17.5 Å². The molecule has 0 radical (unpaired) electrons. The Morgan fingerprint density at radius 1 is 1.04 bits per heavy atom. The van der Waals surface area contributed by atoms with Gasteiger partial charge in [-0.1, -0.05) is 18.6 Å². The maximum absolute atomic E-state index is 13.7. The van der Waals surface area contributed by atoms with E-state index in [1.807, 2.05) is 18.2 Å². The van der Waals surface area contributed by atoms with Gasteiger partial charge in [0.15, 0.2) is 0 Å². The Balaban J connectivity index is 1.69. The minimum absolute atomic E-state index is 0.295. The largest absolute Gasteiger partial charge is 0.322 e. The summed E-state index contributed by atoms with van der Waals surface area (Å²) < 4.78 is 26.9. The van der Waals surface area contributed by atoms with E-state index in [1.54, 1.807) is 6.07 Å². The van der Waals surface area contributed by atoms with E-state index in [-0.39, 0.29) is 5.56 Å². The SMILES string of the molecule is O=C(Nc1cccc(CN2CCCCC2)c1)c1cc(F)ccc1F. The van der Waals surface area contributed by atoms with Crippen molar-refractivity contribution in [2.45, 2.75) is 25.8 Å². The van der Waals surface area contributed by atoms with Crippen LogP contribution < -0.4 is 5.32 Å². The van der Waals surface area contributed by atoms with Gasteiger partial charge < -0.3 is 5.32 Å². The number of piperidine rings is 1. The van der Waals surface area contributed by atoms with Gasteiger partial charge in [-0.15, -0.1) is 0 Å². The fourth-order valence-electron chi connectivity index (χ4n) is 2.99. The third kappa shape index (κ3) is 4.17. The minimum Gasteiger partial charge on any atom is -0.322 e. The predicted molar refractivity (Wildman–Crippen MR) is 89.9 cm³/mol. The molecule has 0 atom stereocenters. The van der Waals surface area contributed by atoms with E-state index in [0.29, 0.717) is 5.69 Å². The van der Waals surface area contributed by atoms with Crippen LogP contribution in [0.15, 0.2) is 42.5 Å². The number of nitrogens with zero attached hydrogens (tertiary/aromatic N) is 1. The quantitative estimate of drug-likeness (QED) is 0.911. The fourth-order valence-corrected chi connectivity index (χ4v) is 2.99. The second-order valence-corrected chi connectivity index (χ2v) is 6.12. The molecule has 1 N–H and O–H groups in total. The number of hydrogen-bond acceptors (Lipinski definition) is 2. The first-order chi connectivity index (χ1) is 11.6. The molecule has 5 heteroatoms. The molecule has 126 valence electrons. The number of carbonyl (C=O) groups excluding carboxylic acids is 1. The van der Waals surface area contributed by atoms with Crippen LogP contribution in [-0.4, -0.2) is 23.9 Å². The van der Waals surface area contributed by atoms with Crippen LogP contribution in [0.1, 0.15) is 35.2 Å². The van der Waals surface area contributed by atoms with Gasteiger partial charge in [0.05, 0.1) is 5.56 Å². The number of hydrogen-bond donors (Lipinski definition) is 1. The van der Waals surface area contributed by atoms with Gasteiger partial charge in [-0.05, 0) is 61.8 Å². The lowest BCUT2D eigenvalue weighted by atomic mass is 10.1. The van der Waals surface area contributed by atoms with Crippen LogP contribution in [-0.2, 0) is 6.54 Å². The number of likely N-dealkylation sites (tertiary alicyclic amines) is 1. The molecule has 0 unspecified atom stereocenters. The highest BCUT2D eigenvalue weighted by molar-refractivity contribution is 6.04. The Labute approximate surface area is 140 Å². The minimum atomic E-state index is -0.738. The average Bonchev–Trinajstić information content (AvgIpc) is 2.58. The molecule has 1 saturated heterocycles. The topological polar surface area (TPSA) is 32.3 Å². The molecule has 1 heterocycles. The number of benzene rings is 2. The van der Waals surface area contributed by atoms with Crippen molar-refractivity contribution < 1.29 is 13.6 Å². The molecule has 0 spiro atoms. The molecule has 2 aromatic carbocycles. The third-order valence-electron chi connectivity index (χ3n) is 4.21. The van der Waals surface area contributed by atoms with Crippen LogP contribution in [0, 0.1) is 11.6 Å². The summed E-state index contributed by atoms with van der Waals surface area (Å²) in [7, 11) is 0. The number of carbonyl (C=O) groups is 1. The van der Waals surface area contributed by atoms with Crippen molar-refractivity contribution in [2.24, 2.45) is 0 Å². The summed E-state index contributed by atoms with van der Waals surface area (Å²) in [5.74, 6) is -2.03. The molecule has 3 nitrogen and oxygen atoms in total. The van der Waals surface area contributed by atoms with Gasteiger partial charge >= 0.3 is 0 Å². The Morgan fingerprint density at radius 2 is 1.83 bits per heavy atom. The van der Waals surface area contributed by atoms with E-state index in [4.69, 9.17) is 0 Å². The lowest BCUT2D eigenvalue weighted by Gasteiger charge is -2.26. The van der Waals surface area contributed by atoms with E-state index in [0.717, 1.165) is 43.4 Å². The van der Waals surface area contributed by atoms with Crippen LogP contribution in [0.25, 0.3) is 0 Å². The van der Waals surface area contributed by atoms with Gasteiger partial charge in [-0.3, -0.25) is 9.69 Å². The van der Waals surface area contributed by atoms with Crippen molar-refractivity contribution in [1.82, 2.24) is 4.90 Å². The average molecular weight is 330 g/mol. The lowest BCUT2D eigenvalue weighted by molar-refractivity contribution is 0.102. The highest BCUT2D eigenvalue weighted by atomic mass is 19.1. The van der Waals surface area contributed by atoms with Gasteiger partial charge in [0.25, 0.3) is 5.91 Å². The van der Waals surface area contributed by atoms with Crippen LogP contribution >= 0.6 is 0 Å². The Hall–Kier alpha value is -2.27. The maximum Gasteiger partial charge on any atom is 0.258 e. The second-order valence-electron chi connectivity index (χ2n) is 6.12. The molecule has 0 bridgehead atoms. The molecule has 1 amide bonds. The first-order valence-electron chi connectivity index (χ1n) is 8.19. The number of rotatable bonds is 4. The van der Waals surface area contributed by atoms with Crippen molar-refractivity contribution in [3.63, 3.8) is 0 Å². The highest BCUT2D eigenvalue weighted by Gasteiger charge is 2.14. The molecule has 24 heavy (non-hydrogen) atoms. The van der Waals surface area contributed by atoms with Crippen molar-refractivity contribution in [1.29, 1.82) is 0 Å². The van der Waals surface area contributed by atoms with Crippen molar-refractivity contribution in [3.05, 3.63) is 65.2 Å². The summed E-state index contributed by atoms with van der Waals surface area (Å²) in [5.41, 5.74) is 1.38. The molecular formula is C19H20F2N2O. The Kier molecular flexibility index (Phi) is 5.20. The van der Waals surface area contributed by atoms with E-state index in [2.05, 4.69) is 10.2 Å². The molecule has 1 aliphatic heterocycles. The van der Waals surface area contributed by atoms with Crippen molar-refractivity contribution >= 4 is 11.6 Å². The molecule has 0 aromatic heterocycles. The Bertz CT molecular complexity index is 727. The molecule has 1 fully saturated rings. The normalized spacial score (nSPS) is 15.2. The smallest absolute Gasteiger partial charge is 0.258 e. The molecule has 3 rings (SSSR count). The van der Waals surface area contributed by atoms with Crippen LogP contribution in [0.5, 0.6) is 0 Å². The molecular weight excluding hydrogens is 310 g/mol. The Morgan fingerprint density at radius 3 is 2.62 bits per heavy atom. The van der Waals surface area contributed by atoms with Gasteiger partial charge in [0, 0.05) is 12.2 Å². The third-order valence-corrected chi connectivity index (χ3v) is 4.21. The van der Waals surface area contributed by atoms with E-state index in [1.165, 1.54) is 19.3 Å². The fraction of sp³-hybridized carbons (Fsp3) is 0.316. The molecule has 0 saturated carbocycles. The molecule has 0 aliphatic carbocycles. The zero-order valence-electron chi connectivity index (χ0n) is 13.4. The summed E-state index contributed by atoms with van der Waals surface area (Å²) in [6.45, 7) is 3.01. The molecule has 2 aromatic rings. The molecule has 1 aliphatic rings. The van der Waals surface area contributed by atoms with Crippen LogP contribution in [0.4, 0.5) is 14.5 Å². The summed E-state index contributed by atoms with van der Waals surface area (Å²) in [4.78, 5) is 14.5. The zero-order valence-corrected chi connectivity index (χ0v) is 13.4. The first kappa shape index (κ1) is 16.6. The second kappa shape index (κ2) is 7.53. The van der Waals surface area contributed by atoms with Crippen LogP contribution in [0.3, 0.4) is 0 Å². The number of anilines is 1. The number of amides is 1. The van der Waals surface area contributed by atoms with Crippen LogP contribution in [0.2, 0.25) is 0 Å². The van der Waals surface area contributed by atoms with Crippen molar-refractivity contribution in [3.8, 4) is 0 Å². The zero-order chi connectivity index (χ0) is 16.9. The summed E-state index contributed by atoms with van der Waals surface area (Å²) >= 11 is 0. The van der Waals surface area contributed by atoms with Gasteiger partial charge in [-0.25, -0.2) is 8.78 Å². The van der Waals surface area contributed by atoms with E-state index in [9.17, 15) is 13.6 Å². The van der Waals surface area contributed by atoms with Gasteiger partial charge in [0.1, 0.15) is 11.6 Å². The van der Waals surface area contributed by atoms with Gasteiger partial charge in [-0.2, -0.15) is 0 Å².